The van der Waals surface area contributed by atoms with Crippen molar-refractivity contribution >= 4 is 17.7 Å². The summed E-state index contributed by atoms with van der Waals surface area (Å²) in [6.07, 6.45) is 9.29. The Morgan fingerprint density at radius 1 is 1.23 bits per heavy atom. The second kappa shape index (κ2) is 10.6. The van der Waals surface area contributed by atoms with Crippen molar-refractivity contribution in [2.24, 2.45) is 0 Å². The number of rotatable bonds is 9. The van der Waals surface area contributed by atoms with Crippen LogP contribution in [-0.4, -0.2) is 31.2 Å². The Balaban J connectivity index is 1.62. The van der Waals surface area contributed by atoms with Gasteiger partial charge in [-0.15, -0.1) is 12.3 Å². The molecule has 1 N–H and O–H groups in total. The largest absolute Gasteiger partial charge is 0.442 e. The Kier molecular flexibility index (Phi) is 7.66. The van der Waals surface area contributed by atoms with Crippen LogP contribution in [0.1, 0.15) is 38.2 Å². The lowest BCUT2D eigenvalue weighted by Gasteiger charge is -2.14. The molecule has 0 radical (unpaired) electrons. The highest BCUT2D eigenvalue weighted by Gasteiger charge is 2.32. The number of nitrogens with zero attached hydrogens (tertiary/aromatic N) is 1. The van der Waals surface area contributed by atoms with Crippen molar-refractivity contribution in [3.8, 4) is 23.5 Å². The molecule has 0 bridgehead atoms. The minimum atomic E-state index is -0.547. The number of aryl methyl sites for hydroxylation is 1. The van der Waals surface area contributed by atoms with Crippen molar-refractivity contribution in [3.05, 3.63) is 53.8 Å². The molecule has 2 amide bonds. The number of hydrogen-bond donors (Lipinski definition) is 1. The van der Waals surface area contributed by atoms with Gasteiger partial charge >= 0.3 is 6.09 Å². The molecule has 1 atom stereocenters. The molecule has 1 saturated heterocycles. The summed E-state index contributed by atoms with van der Waals surface area (Å²) in [5.41, 5.74) is 2.91. The maximum atomic E-state index is 14.8. The van der Waals surface area contributed by atoms with Gasteiger partial charge in [0.2, 0.25) is 5.91 Å². The number of cyclic esters (lactones) is 1. The normalized spacial score (nSPS) is 15.5. The maximum Gasteiger partial charge on any atom is 0.414 e. The van der Waals surface area contributed by atoms with Crippen molar-refractivity contribution in [1.29, 1.82) is 0 Å². The van der Waals surface area contributed by atoms with Gasteiger partial charge in [0.05, 0.1) is 18.8 Å². The number of halogens is 1. The van der Waals surface area contributed by atoms with E-state index in [1.807, 2.05) is 24.3 Å². The molecule has 0 aromatic heterocycles. The van der Waals surface area contributed by atoms with Gasteiger partial charge in [0.25, 0.3) is 0 Å². The SMILES string of the molecule is C#CCCCCCc1ccc(-c2ccc(N3C[C@H](CNC(C)=O)OC3=O)cc2F)cc1. The number of carbonyl (C=O) groups is 2. The van der Waals surface area contributed by atoms with E-state index in [0.29, 0.717) is 11.3 Å². The van der Waals surface area contributed by atoms with Gasteiger partial charge in [-0.2, -0.15) is 0 Å². The Morgan fingerprint density at radius 2 is 2.00 bits per heavy atom. The molecule has 2 aromatic rings. The van der Waals surface area contributed by atoms with Crippen LogP contribution in [-0.2, 0) is 16.0 Å². The fourth-order valence-corrected chi connectivity index (χ4v) is 3.59. The van der Waals surface area contributed by atoms with Gasteiger partial charge in [0.1, 0.15) is 11.9 Å². The molecule has 3 rings (SSSR count). The Hall–Kier alpha value is -3.33. The van der Waals surface area contributed by atoms with Crippen LogP contribution in [0.25, 0.3) is 11.1 Å². The quantitative estimate of drug-likeness (QED) is 0.471. The average molecular weight is 423 g/mol. The third kappa shape index (κ3) is 6.08. The molecule has 0 spiro atoms. The van der Waals surface area contributed by atoms with E-state index < -0.39 is 18.0 Å². The molecule has 31 heavy (non-hydrogen) atoms. The van der Waals surface area contributed by atoms with Crippen LogP contribution >= 0.6 is 0 Å². The summed E-state index contributed by atoms with van der Waals surface area (Å²) in [4.78, 5) is 24.6. The van der Waals surface area contributed by atoms with E-state index in [1.54, 1.807) is 12.1 Å². The van der Waals surface area contributed by atoms with Gasteiger partial charge < -0.3 is 10.1 Å². The molecule has 0 saturated carbocycles. The van der Waals surface area contributed by atoms with Gasteiger partial charge in [-0.25, -0.2) is 9.18 Å². The van der Waals surface area contributed by atoms with Crippen molar-refractivity contribution < 1.29 is 18.7 Å². The van der Waals surface area contributed by atoms with Crippen LogP contribution in [0.4, 0.5) is 14.9 Å². The number of nitrogens with one attached hydrogen (secondary N) is 1. The first kappa shape index (κ1) is 22.4. The number of amides is 2. The lowest BCUT2D eigenvalue weighted by Crippen LogP contribution is -2.33. The number of unbranched alkanes of at least 4 members (excludes halogenated alkanes) is 3. The third-order valence-corrected chi connectivity index (χ3v) is 5.27. The van der Waals surface area contributed by atoms with Gasteiger partial charge in [-0.05, 0) is 48.6 Å². The standard InChI is InChI=1S/C25H27FN2O3/c1-3-4-5-6-7-8-19-9-11-20(12-10-19)23-14-13-21(15-24(23)26)28-17-22(31-25(28)30)16-27-18(2)29/h1,9-15,22H,4-8,16-17H2,2H3,(H,27,29)/t22-/m0/s1. The van der Waals surface area contributed by atoms with Crippen LogP contribution in [0.5, 0.6) is 0 Å². The number of benzene rings is 2. The van der Waals surface area contributed by atoms with Crippen LogP contribution < -0.4 is 10.2 Å². The second-order valence-electron chi connectivity index (χ2n) is 7.68. The highest BCUT2D eigenvalue weighted by Crippen LogP contribution is 2.29. The summed E-state index contributed by atoms with van der Waals surface area (Å²) in [6, 6.07) is 12.6. The van der Waals surface area contributed by atoms with E-state index >= 15 is 0 Å². The smallest absolute Gasteiger partial charge is 0.414 e. The first-order chi connectivity index (χ1) is 15.0. The van der Waals surface area contributed by atoms with E-state index in [0.717, 1.165) is 37.7 Å². The lowest BCUT2D eigenvalue weighted by molar-refractivity contribution is -0.119. The highest BCUT2D eigenvalue weighted by molar-refractivity contribution is 5.90. The summed E-state index contributed by atoms with van der Waals surface area (Å²) in [5.74, 6) is 2.05. The van der Waals surface area contributed by atoms with Gasteiger partial charge in [-0.3, -0.25) is 9.69 Å². The van der Waals surface area contributed by atoms with Crippen molar-refractivity contribution in [2.75, 3.05) is 18.0 Å². The Morgan fingerprint density at radius 3 is 2.68 bits per heavy atom. The van der Waals surface area contributed by atoms with E-state index in [-0.39, 0.29) is 19.0 Å². The van der Waals surface area contributed by atoms with Gasteiger partial charge in [-0.1, -0.05) is 30.7 Å². The molecular formula is C25H27FN2O3. The maximum absolute atomic E-state index is 14.8. The topological polar surface area (TPSA) is 58.6 Å². The molecule has 5 nitrogen and oxygen atoms in total. The van der Waals surface area contributed by atoms with Crippen molar-refractivity contribution in [1.82, 2.24) is 5.32 Å². The molecule has 162 valence electrons. The molecule has 0 unspecified atom stereocenters. The minimum Gasteiger partial charge on any atom is -0.442 e. The molecule has 1 heterocycles. The Bertz CT molecular complexity index is 966. The molecule has 1 aliphatic rings. The Labute approximate surface area is 182 Å². The zero-order chi connectivity index (χ0) is 22.2. The predicted molar refractivity (Wildman–Crippen MR) is 119 cm³/mol. The fourth-order valence-electron chi connectivity index (χ4n) is 3.59. The number of hydrogen-bond acceptors (Lipinski definition) is 3. The molecule has 2 aromatic carbocycles. The zero-order valence-corrected chi connectivity index (χ0v) is 17.7. The summed E-state index contributed by atoms with van der Waals surface area (Å²) in [6.45, 7) is 1.89. The first-order valence-electron chi connectivity index (χ1n) is 10.5. The van der Waals surface area contributed by atoms with Crippen LogP contribution in [0.15, 0.2) is 42.5 Å². The van der Waals surface area contributed by atoms with Crippen LogP contribution in [0.3, 0.4) is 0 Å². The molecular weight excluding hydrogens is 395 g/mol. The van der Waals surface area contributed by atoms with E-state index in [4.69, 9.17) is 11.2 Å². The van der Waals surface area contributed by atoms with Crippen LogP contribution in [0, 0.1) is 18.2 Å². The number of terminal acetylenes is 1. The predicted octanol–water partition coefficient (Wildman–Crippen LogP) is 4.69. The number of anilines is 1. The summed E-state index contributed by atoms with van der Waals surface area (Å²) in [7, 11) is 0. The monoisotopic (exact) mass is 422 g/mol. The lowest BCUT2D eigenvalue weighted by atomic mass is 10.0. The number of ether oxygens (including phenoxy) is 1. The van der Waals surface area contributed by atoms with E-state index in [2.05, 4.69) is 11.2 Å². The zero-order valence-electron chi connectivity index (χ0n) is 17.7. The summed E-state index contributed by atoms with van der Waals surface area (Å²) >= 11 is 0. The molecule has 6 heteroatoms. The third-order valence-electron chi connectivity index (χ3n) is 5.27. The molecule has 0 aliphatic carbocycles. The summed E-state index contributed by atoms with van der Waals surface area (Å²) < 4.78 is 20.1. The minimum absolute atomic E-state index is 0.195. The number of carbonyl (C=O) groups excluding carboxylic acids is 2. The van der Waals surface area contributed by atoms with Crippen LogP contribution in [0.2, 0.25) is 0 Å². The summed E-state index contributed by atoms with van der Waals surface area (Å²) in [5, 5.41) is 2.62. The highest BCUT2D eigenvalue weighted by atomic mass is 19.1. The molecule has 1 aliphatic heterocycles. The fraction of sp³-hybridized carbons (Fsp3) is 0.360. The first-order valence-corrected chi connectivity index (χ1v) is 10.5. The molecule has 1 fully saturated rings. The van der Waals surface area contributed by atoms with Crippen molar-refractivity contribution in [3.63, 3.8) is 0 Å². The van der Waals surface area contributed by atoms with Gasteiger partial charge in [0, 0.05) is 18.9 Å². The van der Waals surface area contributed by atoms with Crippen molar-refractivity contribution in [2.45, 2.75) is 45.1 Å². The average Bonchev–Trinajstić information content (AvgIpc) is 3.13. The van der Waals surface area contributed by atoms with E-state index in [1.165, 1.54) is 23.5 Å². The van der Waals surface area contributed by atoms with Gasteiger partial charge in [0.15, 0.2) is 0 Å². The van der Waals surface area contributed by atoms with E-state index in [9.17, 15) is 14.0 Å². The second-order valence-corrected chi connectivity index (χ2v) is 7.68.